The second-order valence-electron chi connectivity index (χ2n) is 4.85. The minimum atomic E-state index is 1.09. The van der Waals surface area contributed by atoms with Crippen LogP contribution in [0.5, 0.6) is 0 Å². The van der Waals surface area contributed by atoms with E-state index in [9.17, 15) is 0 Å². The minimum Gasteiger partial charge on any atom is -0.0620 e. The third-order valence-electron chi connectivity index (χ3n) is 4.89. The Hall–Kier alpha value is 0. The molecule has 6 atom stereocenters. The summed E-state index contributed by atoms with van der Waals surface area (Å²) in [5.41, 5.74) is 0. The highest BCUT2D eigenvalue weighted by atomic mass is 14.7. The van der Waals surface area contributed by atoms with E-state index in [1.54, 1.807) is 12.8 Å². The molecule has 3 aliphatic rings. The van der Waals surface area contributed by atoms with Gasteiger partial charge in [0.05, 0.1) is 0 Å². The number of hydrogen-bond acceptors (Lipinski definition) is 0. The molecule has 0 N–H and O–H groups in total. The summed E-state index contributed by atoms with van der Waals surface area (Å²) >= 11 is 0. The SMILES string of the molecule is CC1C2CC3[C@@H]1C[C@H]3C2C. The quantitative estimate of drug-likeness (QED) is 0.480. The van der Waals surface area contributed by atoms with Gasteiger partial charge in [-0.1, -0.05) is 13.8 Å². The topological polar surface area (TPSA) is 0 Å². The number of hydrogen-bond donors (Lipinski definition) is 0. The highest BCUT2D eigenvalue weighted by Gasteiger charge is 2.61. The fourth-order valence-corrected chi connectivity index (χ4v) is 4.20. The molecule has 0 nitrogen and oxygen atoms in total. The maximum atomic E-state index is 2.49. The number of rotatable bonds is 0. The van der Waals surface area contributed by atoms with Gasteiger partial charge in [-0.3, -0.25) is 0 Å². The van der Waals surface area contributed by atoms with Crippen molar-refractivity contribution in [3.63, 3.8) is 0 Å². The van der Waals surface area contributed by atoms with E-state index in [1.165, 1.54) is 17.8 Å². The summed E-state index contributed by atoms with van der Waals surface area (Å²) in [5.74, 6) is 6.84. The highest BCUT2D eigenvalue weighted by molar-refractivity contribution is 5.10. The predicted octanol–water partition coefficient (Wildman–Crippen LogP) is 2.54. The predicted molar refractivity (Wildman–Crippen MR) is 41.5 cm³/mol. The minimum absolute atomic E-state index is 1.09. The normalized spacial score (nSPS) is 70.2. The summed E-state index contributed by atoms with van der Waals surface area (Å²) in [4.78, 5) is 0. The molecule has 3 aliphatic carbocycles. The molecule has 0 aromatic rings. The average Bonchev–Trinajstić information content (AvgIpc) is 2.16. The molecule has 0 heteroatoms. The van der Waals surface area contributed by atoms with Crippen LogP contribution in [0, 0.1) is 35.5 Å². The van der Waals surface area contributed by atoms with Crippen LogP contribution in [0.2, 0.25) is 0 Å². The Morgan fingerprint density at radius 1 is 0.700 bits per heavy atom. The monoisotopic (exact) mass is 136 g/mol. The first-order valence-electron chi connectivity index (χ1n) is 4.79. The molecule has 0 aromatic carbocycles. The van der Waals surface area contributed by atoms with Crippen LogP contribution < -0.4 is 0 Å². The van der Waals surface area contributed by atoms with Gasteiger partial charge in [-0.25, -0.2) is 0 Å². The molecule has 0 amide bonds. The van der Waals surface area contributed by atoms with Crippen molar-refractivity contribution in [3.05, 3.63) is 0 Å². The van der Waals surface area contributed by atoms with Crippen LogP contribution in [0.3, 0.4) is 0 Å². The summed E-state index contributed by atoms with van der Waals surface area (Å²) in [5, 5.41) is 0. The van der Waals surface area contributed by atoms with Crippen molar-refractivity contribution >= 4 is 0 Å². The van der Waals surface area contributed by atoms with E-state index in [0.717, 1.165) is 17.8 Å². The summed E-state index contributed by atoms with van der Waals surface area (Å²) in [7, 11) is 0. The maximum absolute atomic E-state index is 2.49. The van der Waals surface area contributed by atoms with Crippen LogP contribution in [0.25, 0.3) is 0 Å². The maximum Gasteiger partial charge on any atom is -0.0349 e. The molecular weight excluding hydrogens is 120 g/mol. The van der Waals surface area contributed by atoms with Crippen molar-refractivity contribution in [2.24, 2.45) is 35.5 Å². The molecule has 0 aromatic heterocycles. The van der Waals surface area contributed by atoms with E-state index in [1.807, 2.05) is 0 Å². The molecule has 4 unspecified atom stereocenters. The van der Waals surface area contributed by atoms with E-state index in [-0.39, 0.29) is 0 Å². The molecule has 0 heterocycles. The molecule has 0 saturated heterocycles. The molecule has 3 saturated carbocycles. The van der Waals surface area contributed by atoms with Crippen molar-refractivity contribution < 1.29 is 0 Å². The van der Waals surface area contributed by atoms with E-state index in [2.05, 4.69) is 13.8 Å². The Balaban J connectivity index is 2.00. The van der Waals surface area contributed by atoms with Crippen LogP contribution >= 0.6 is 0 Å². The summed E-state index contributed by atoms with van der Waals surface area (Å²) in [6.45, 7) is 4.97. The first kappa shape index (κ1) is 5.62. The molecule has 0 spiro atoms. The van der Waals surface area contributed by atoms with E-state index < -0.39 is 0 Å². The first-order chi connectivity index (χ1) is 4.79. The number of fused-ring (bicyclic) bond motifs is 1. The van der Waals surface area contributed by atoms with E-state index >= 15 is 0 Å². The van der Waals surface area contributed by atoms with Crippen LogP contribution in [-0.4, -0.2) is 0 Å². The zero-order valence-electron chi connectivity index (χ0n) is 6.88. The van der Waals surface area contributed by atoms with Gasteiger partial charge in [0, 0.05) is 0 Å². The second kappa shape index (κ2) is 1.44. The lowest BCUT2D eigenvalue weighted by atomic mass is 9.56. The summed E-state index contributed by atoms with van der Waals surface area (Å²) < 4.78 is 0. The standard InChI is InChI=1S/C10H16/c1-5-7-3-10-8(5)4-9(10)6(7)2/h5-10H,3-4H2,1-2H3/t5?,6?,7?,8-,9+,10?. The molecule has 3 rings (SSSR count). The van der Waals surface area contributed by atoms with Crippen molar-refractivity contribution in [3.8, 4) is 0 Å². The zero-order valence-corrected chi connectivity index (χ0v) is 6.88. The molecule has 2 bridgehead atoms. The van der Waals surface area contributed by atoms with Gasteiger partial charge in [0.2, 0.25) is 0 Å². The van der Waals surface area contributed by atoms with Gasteiger partial charge in [-0.15, -0.1) is 0 Å². The summed E-state index contributed by atoms with van der Waals surface area (Å²) in [6.07, 6.45) is 3.18. The third kappa shape index (κ3) is 0.383. The van der Waals surface area contributed by atoms with Gasteiger partial charge in [0.15, 0.2) is 0 Å². The van der Waals surface area contributed by atoms with Crippen LogP contribution in [0.4, 0.5) is 0 Å². The Bertz CT molecular complexity index is 153. The van der Waals surface area contributed by atoms with Gasteiger partial charge in [0.25, 0.3) is 0 Å². The van der Waals surface area contributed by atoms with Crippen LogP contribution in [-0.2, 0) is 0 Å². The Kier molecular flexibility index (Phi) is 0.810. The molecule has 56 valence electrons. The zero-order chi connectivity index (χ0) is 6.88. The van der Waals surface area contributed by atoms with E-state index in [4.69, 9.17) is 0 Å². The van der Waals surface area contributed by atoms with Gasteiger partial charge in [0.1, 0.15) is 0 Å². The molecule has 3 fully saturated rings. The Morgan fingerprint density at radius 2 is 1.20 bits per heavy atom. The lowest BCUT2D eigenvalue weighted by molar-refractivity contribution is -0.00659. The van der Waals surface area contributed by atoms with Crippen molar-refractivity contribution in [1.82, 2.24) is 0 Å². The van der Waals surface area contributed by atoms with Gasteiger partial charge >= 0.3 is 0 Å². The van der Waals surface area contributed by atoms with Gasteiger partial charge < -0.3 is 0 Å². The molecule has 10 heavy (non-hydrogen) atoms. The molecule has 0 aliphatic heterocycles. The average molecular weight is 136 g/mol. The highest BCUT2D eigenvalue weighted by Crippen LogP contribution is 2.68. The Morgan fingerprint density at radius 3 is 1.50 bits per heavy atom. The van der Waals surface area contributed by atoms with Gasteiger partial charge in [-0.2, -0.15) is 0 Å². The van der Waals surface area contributed by atoms with E-state index in [0.29, 0.717) is 0 Å². The second-order valence-corrected chi connectivity index (χ2v) is 4.85. The van der Waals surface area contributed by atoms with Crippen molar-refractivity contribution in [2.75, 3.05) is 0 Å². The molecule has 0 radical (unpaired) electrons. The van der Waals surface area contributed by atoms with Crippen LogP contribution in [0.1, 0.15) is 26.7 Å². The Labute approximate surface area is 63.0 Å². The van der Waals surface area contributed by atoms with Crippen LogP contribution in [0.15, 0.2) is 0 Å². The molecular formula is C10H16. The lowest BCUT2D eigenvalue weighted by Crippen LogP contribution is -2.43. The van der Waals surface area contributed by atoms with Crippen molar-refractivity contribution in [2.45, 2.75) is 26.7 Å². The first-order valence-corrected chi connectivity index (χ1v) is 4.79. The van der Waals surface area contributed by atoms with Crippen molar-refractivity contribution in [1.29, 1.82) is 0 Å². The smallest absolute Gasteiger partial charge is 0.0349 e. The van der Waals surface area contributed by atoms with Gasteiger partial charge in [-0.05, 0) is 48.3 Å². The fourth-order valence-electron chi connectivity index (χ4n) is 4.20. The fraction of sp³-hybridized carbons (Fsp3) is 1.00. The lowest BCUT2D eigenvalue weighted by Gasteiger charge is -2.49. The third-order valence-corrected chi connectivity index (χ3v) is 4.89. The summed E-state index contributed by atoms with van der Waals surface area (Å²) in [6, 6.07) is 0. The largest absolute Gasteiger partial charge is 0.0620 e.